The quantitative estimate of drug-likeness (QED) is 0.369. The van der Waals surface area contributed by atoms with Crippen LogP contribution in [0.15, 0.2) is 36.7 Å². The number of hydrogen-bond donors (Lipinski definition) is 0. The van der Waals surface area contributed by atoms with Crippen molar-refractivity contribution < 1.29 is 4.74 Å². The summed E-state index contributed by atoms with van der Waals surface area (Å²) < 4.78 is 8.19. The fourth-order valence-electron chi connectivity index (χ4n) is 2.62. The van der Waals surface area contributed by atoms with E-state index in [2.05, 4.69) is 27.1 Å². The first-order valence-corrected chi connectivity index (χ1v) is 10.4. The Morgan fingerprint density at radius 1 is 0.833 bits per heavy atom. The van der Waals surface area contributed by atoms with E-state index in [9.17, 15) is 0 Å². The number of imidazole rings is 2. The number of fused-ring (bicyclic) bond motifs is 2. The van der Waals surface area contributed by atoms with Crippen molar-refractivity contribution in [3.8, 4) is 0 Å². The molecule has 10 heteroatoms. The van der Waals surface area contributed by atoms with Crippen LogP contribution in [0, 0.1) is 0 Å². The summed E-state index contributed by atoms with van der Waals surface area (Å²) in [5.41, 5.74) is 2.56. The molecule has 1 aliphatic heterocycles. The fourth-order valence-corrected chi connectivity index (χ4v) is 3.12. The van der Waals surface area contributed by atoms with Crippen LogP contribution in [0.1, 0.15) is 39.3 Å². The van der Waals surface area contributed by atoms with E-state index in [4.69, 9.17) is 39.5 Å². The predicted octanol–water partition coefficient (Wildman–Crippen LogP) is 5.80. The van der Waals surface area contributed by atoms with E-state index in [-0.39, 0.29) is 7.43 Å². The van der Waals surface area contributed by atoms with Gasteiger partial charge in [0.05, 0.1) is 18.1 Å². The van der Waals surface area contributed by atoms with Gasteiger partial charge in [0.2, 0.25) is 0 Å². The summed E-state index contributed by atoms with van der Waals surface area (Å²) in [6, 6.07) is 7.34. The molecular formula is C20H25Cl3N6O. The zero-order valence-corrected chi connectivity index (χ0v) is 18.2. The van der Waals surface area contributed by atoms with Crippen molar-refractivity contribution in [1.29, 1.82) is 0 Å². The average molecular weight is 472 g/mol. The van der Waals surface area contributed by atoms with Gasteiger partial charge >= 0.3 is 0 Å². The molecule has 1 fully saturated rings. The number of rotatable bonds is 2. The van der Waals surface area contributed by atoms with Crippen molar-refractivity contribution in [3.63, 3.8) is 0 Å². The Hall–Kier alpha value is -1.93. The smallest absolute Gasteiger partial charge is 0.155 e. The van der Waals surface area contributed by atoms with Gasteiger partial charge < -0.3 is 4.74 Å². The molecule has 0 saturated carbocycles. The minimum Gasteiger partial charge on any atom is -0.381 e. The maximum absolute atomic E-state index is 5.74. The second kappa shape index (κ2) is 12.1. The number of aryl methyl sites for hydroxylation is 1. The van der Waals surface area contributed by atoms with E-state index in [1.54, 1.807) is 29.0 Å². The summed E-state index contributed by atoms with van der Waals surface area (Å²) in [5.74, 6) is 0. The van der Waals surface area contributed by atoms with Gasteiger partial charge in [0.25, 0.3) is 0 Å². The maximum Gasteiger partial charge on any atom is 0.155 e. The van der Waals surface area contributed by atoms with Crippen LogP contribution in [0.4, 0.5) is 0 Å². The van der Waals surface area contributed by atoms with Crippen LogP contribution in [0.5, 0.6) is 0 Å². The molecule has 0 N–H and O–H groups in total. The van der Waals surface area contributed by atoms with E-state index in [1.165, 1.54) is 17.4 Å². The molecule has 0 aromatic carbocycles. The first-order valence-electron chi connectivity index (χ1n) is 9.31. The van der Waals surface area contributed by atoms with Crippen molar-refractivity contribution in [2.45, 2.75) is 40.0 Å². The molecule has 1 aliphatic rings. The summed E-state index contributed by atoms with van der Waals surface area (Å²) in [7, 11) is 0. The van der Waals surface area contributed by atoms with Gasteiger partial charge in [-0.1, -0.05) is 55.6 Å². The molecule has 0 unspecified atom stereocenters. The summed E-state index contributed by atoms with van der Waals surface area (Å²) in [6.07, 6.45) is 7.96. The van der Waals surface area contributed by atoms with Crippen LogP contribution in [0.25, 0.3) is 11.3 Å². The standard InChI is InChI=1S/C9H10ClN3.C6H3Cl2N3.C4H8O.CH4/c1-2-3-7-4-5-9-11-8(10)6-13(9)12-7;7-4-1-2-6-9-5(8)3-11(6)10-4;1-2-4-5-3-1;/h4-6H,2-3H2,1H3;1-3H;1-4H2;1H4. The average Bonchev–Trinajstić information content (AvgIpc) is 3.42. The van der Waals surface area contributed by atoms with Gasteiger partial charge in [-0.2, -0.15) is 10.2 Å². The Bertz CT molecular complexity index is 1050. The molecule has 30 heavy (non-hydrogen) atoms. The minimum atomic E-state index is 0. The number of aromatic nitrogens is 6. The minimum absolute atomic E-state index is 0. The summed E-state index contributed by atoms with van der Waals surface area (Å²) in [6.45, 7) is 4.13. The molecule has 0 spiro atoms. The lowest BCUT2D eigenvalue weighted by Gasteiger charge is -1.97. The van der Waals surface area contributed by atoms with Crippen molar-refractivity contribution in [3.05, 3.63) is 57.8 Å². The Kier molecular flexibility index (Phi) is 9.78. The summed E-state index contributed by atoms with van der Waals surface area (Å²) in [5, 5.41) is 9.61. The van der Waals surface area contributed by atoms with E-state index in [0.29, 0.717) is 21.1 Å². The lowest BCUT2D eigenvalue weighted by molar-refractivity contribution is 0.198. The molecule has 0 atom stereocenters. The largest absolute Gasteiger partial charge is 0.381 e. The van der Waals surface area contributed by atoms with Crippen molar-refractivity contribution in [2.75, 3.05) is 13.2 Å². The third-order valence-electron chi connectivity index (χ3n) is 3.94. The van der Waals surface area contributed by atoms with Gasteiger partial charge in [0.1, 0.15) is 15.5 Å². The highest BCUT2D eigenvalue weighted by molar-refractivity contribution is 6.30. The van der Waals surface area contributed by atoms with Gasteiger partial charge in [-0.05, 0) is 43.5 Å². The van der Waals surface area contributed by atoms with Gasteiger partial charge in [0, 0.05) is 13.2 Å². The lowest BCUT2D eigenvalue weighted by atomic mass is 10.2. The van der Waals surface area contributed by atoms with Crippen LogP contribution in [0.2, 0.25) is 15.5 Å². The van der Waals surface area contributed by atoms with Crippen molar-refractivity contribution in [1.82, 2.24) is 29.2 Å². The number of halogens is 3. The lowest BCUT2D eigenvalue weighted by Crippen LogP contribution is -1.96. The maximum atomic E-state index is 5.74. The molecule has 0 bridgehead atoms. The van der Waals surface area contributed by atoms with Crippen LogP contribution >= 0.6 is 34.8 Å². The van der Waals surface area contributed by atoms with E-state index >= 15 is 0 Å². The molecular weight excluding hydrogens is 447 g/mol. The molecule has 162 valence electrons. The molecule has 7 nitrogen and oxygen atoms in total. The second-order valence-corrected chi connectivity index (χ2v) is 7.44. The molecule has 4 aromatic heterocycles. The predicted molar refractivity (Wildman–Crippen MR) is 122 cm³/mol. The Morgan fingerprint density at radius 2 is 1.40 bits per heavy atom. The third kappa shape index (κ3) is 7.09. The normalized spacial score (nSPS) is 12.7. The number of ether oxygens (including phenoxy) is 1. The van der Waals surface area contributed by atoms with Crippen LogP contribution in [0.3, 0.4) is 0 Å². The Morgan fingerprint density at radius 3 is 1.93 bits per heavy atom. The molecule has 0 amide bonds. The molecule has 0 aliphatic carbocycles. The van der Waals surface area contributed by atoms with Gasteiger partial charge in [-0.15, -0.1) is 0 Å². The monoisotopic (exact) mass is 470 g/mol. The van der Waals surface area contributed by atoms with Gasteiger partial charge in [0.15, 0.2) is 11.3 Å². The topological polar surface area (TPSA) is 69.6 Å². The molecule has 0 radical (unpaired) electrons. The Labute approximate surface area is 190 Å². The zero-order valence-electron chi connectivity index (χ0n) is 15.9. The highest BCUT2D eigenvalue weighted by Crippen LogP contribution is 2.11. The summed E-state index contributed by atoms with van der Waals surface area (Å²) >= 11 is 17.0. The van der Waals surface area contributed by atoms with Crippen LogP contribution in [-0.4, -0.2) is 42.4 Å². The van der Waals surface area contributed by atoms with E-state index in [0.717, 1.165) is 37.4 Å². The van der Waals surface area contributed by atoms with Crippen LogP contribution < -0.4 is 0 Å². The zero-order chi connectivity index (χ0) is 20.6. The highest BCUT2D eigenvalue weighted by Gasteiger charge is 2.01. The fraction of sp³-hybridized carbons (Fsp3) is 0.400. The molecule has 4 aromatic rings. The second-order valence-electron chi connectivity index (χ2n) is 6.28. The number of hydrogen-bond acceptors (Lipinski definition) is 5. The first-order chi connectivity index (χ1) is 14.0. The molecule has 1 saturated heterocycles. The molecule has 5 heterocycles. The molecule has 5 rings (SSSR count). The van der Waals surface area contributed by atoms with E-state index < -0.39 is 0 Å². The first kappa shape index (κ1) is 24.3. The SMILES string of the molecule is C.C1CCOC1.CCCc1ccc2nc(Cl)cn2n1.Clc1cn2nc(Cl)ccc2n1. The Balaban J connectivity index is 0.000000171. The van der Waals surface area contributed by atoms with Gasteiger partial charge in [-0.3, -0.25) is 0 Å². The van der Waals surface area contributed by atoms with Crippen molar-refractivity contribution >= 4 is 46.1 Å². The summed E-state index contributed by atoms with van der Waals surface area (Å²) in [4.78, 5) is 8.04. The van der Waals surface area contributed by atoms with Crippen molar-refractivity contribution in [2.24, 2.45) is 0 Å². The van der Waals surface area contributed by atoms with Crippen LogP contribution in [-0.2, 0) is 11.2 Å². The number of nitrogens with zero attached hydrogens (tertiary/aromatic N) is 6. The third-order valence-corrected chi connectivity index (χ3v) is 4.50. The highest BCUT2D eigenvalue weighted by atomic mass is 35.5. The van der Waals surface area contributed by atoms with Gasteiger partial charge in [-0.25, -0.2) is 19.0 Å². The van der Waals surface area contributed by atoms with E-state index in [1.807, 2.05) is 12.1 Å².